The normalized spacial score (nSPS) is 11.8. The second kappa shape index (κ2) is 8.86. The third-order valence-corrected chi connectivity index (χ3v) is 5.39. The van der Waals surface area contributed by atoms with E-state index in [1.807, 2.05) is 31.2 Å². The Hall–Kier alpha value is -3.54. The molecule has 0 heterocycles. The zero-order valence-corrected chi connectivity index (χ0v) is 17.4. The Bertz CT molecular complexity index is 1040. The Balaban J connectivity index is 2.15. The lowest BCUT2D eigenvalue weighted by Crippen LogP contribution is -2.21. The number of nitro benzene ring substituents is 1. The lowest BCUT2D eigenvalue weighted by molar-refractivity contribution is -0.384. The van der Waals surface area contributed by atoms with Gasteiger partial charge >= 0.3 is 0 Å². The van der Waals surface area contributed by atoms with E-state index in [4.69, 9.17) is 0 Å². The van der Waals surface area contributed by atoms with Crippen molar-refractivity contribution < 1.29 is 15.1 Å². The zero-order valence-electron chi connectivity index (χ0n) is 17.4. The van der Waals surface area contributed by atoms with Crippen LogP contribution in [0.25, 0.3) is 0 Å². The van der Waals surface area contributed by atoms with E-state index >= 15 is 0 Å². The fourth-order valence-electron chi connectivity index (χ4n) is 3.77. The Morgan fingerprint density at radius 3 is 1.97 bits per heavy atom. The van der Waals surface area contributed by atoms with E-state index in [9.17, 15) is 20.3 Å². The summed E-state index contributed by atoms with van der Waals surface area (Å²) in [7, 11) is 0. The number of aromatic hydroxyl groups is 2. The number of aryl methyl sites for hydroxylation is 1. The van der Waals surface area contributed by atoms with Crippen LogP contribution in [0.1, 0.15) is 42.0 Å². The Labute approximate surface area is 176 Å². The van der Waals surface area contributed by atoms with Crippen LogP contribution < -0.4 is 4.90 Å². The summed E-state index contributed by atoms with van der Waals surface area (Å²) in [5.74, 6) is -0.245. The van der Waals surface area contributed by atoms with Crippen LogP contribution in [0.2, 0.25) is 0 Å². The monoisotopic (exact) mass is 406 g/mol. The molecule has 0 aromatic heterocycles. The van der Waals surface area contributed by atoms with E-state index in [1.165, 1.54) is 12.1 Å². The highest BCUT2D eigenvalue weighted by Gasteiger charge is 2.24. The Kier molecular flexibility index (Phi) is 6.26. The molecule has 1 unspecified atom stereocenters. The molecule has 3 aromatic rings. The third kappa shape index (κ3) is 4.22. The van der Waals surface area contributed by atoms with E-state index in [2.05, 4.69) is 18.7 Å². The number of nitrogens with zero attached hydrogens (tertiary/aromatic N) is 2. The van der Waals surface area contributed by atoms with Crippen LogP contribution in [0.3, 0.4) is 0 Å². The average molecular weight is 406 g/mol. The minimum atomic E-state index is -0.475. The summed E-state index contributed by atoms with van der Waals surface area (Å²) in [6.45, 7) is 7.64. The van der Waals surface area contributed by atoms with Gasteiger partial charge in [0.1, 0.15) is 11.5 Å². The summed E-state index contributed by atoms with van der Waals surface area (Å²) >= 11 is 0. The van der Waals surface area contributed by atoms with E-state index < -0.39 is 10.8 Å². The summed E-state index contributed by atoms with van der Waals surface area (Å²) < 4.78 is 0. The predicted octanol–water partition coefficient (Wildman–Crippen LogP) is 5.34. The fraction of sp³-hybridized carbons (Fsp3) is 0.250. The van der Waals surface area contributed by atoms with Crippen LogP contribution in [-0.2, 0) is 0 Å². The lowest BCUT2D eigenvalue weighted by atomic mass is 9.83. The molecule has 0 saturated heterocycles. The fourth-order valence-corrected chi connectivity index (χ4v) is 3.77. The van der Waals surface area contributed by atoms with Crippen molar-refractivity contribution in [3.63, 3.8) is 0 Å². The van der Waals surface area contributed by atoms with Gasteiger partial charge in [0, 0.05) is 54.0 Å². The second-order valence-electron chi connectivity index (χ2n) is 7.26. The van der Waals surface area contributed by atoms with Crippen molar-refractivity contribution in [2.45, 2.75) is 26.7 Å². The summed E-state index contributed by atoms with van der Waals surface area (Å²) in [4.78, 5) is 12.7. The van der Waals surface area contributed by atoms with Gasteiger partial charge in [0.05, 0.1) is 4.92 Å². The second-order valence-corrected chi connectivity index (χ2v) is 7.26. The van der Waals surface area contributed by atoms with E-state index in [0.717, 1.165) is 29.9 Å². The van der Waals surface area contributed by atoms with Crippen molar-refractivity contribution in [1.29, 1.82) is 0 Å². The number of hydrogen-bond acceptors (Lipinski definition) is 5. The maximum atomic E-state index is 11.0. The molecule has 0 bridgehead atoms. The molecule has 0 fully saturated rings. The number of anilines is 1. The molecule has 6 nitrogen and oxygen atoms in total. The first kappa shape index (κ1) is 21.2. The highest BCUT2D eigenvalue weighted by Crippen LogP contribution is 2.42. The highest BCUT2D eigenvalue weighted by molar-refractivity contribution is 5.59. The van der Waals surface area contributed by atoms with Gasteiger partial charge in [-0.25, -0.2) is 0 Å². The van der Waals surface area contributed by atoms with Gasteiger partial charge in [-0.3, -0.25) is 10.1 Å². The Morgan fingerprint density at radius 2 is 1.47 bits per heavy atom. The summed E-state index contributed by atoms with van der Waals surface area (Å²) in [6.07, 6.45) is 0. The summed E-state index contributed by atoms with van der Waals surface area (Å²) in [5.41, 5.74) is 3.81. The van der Waals surface area contributed by atoms with Gasteiger partial charge in [0.25, 0.3) is 5.69 Å². The molecule has 2 N–H and O–H groups in total. The first-order chi connectivity index (χ1) is 14.3. The van der Waals surface area contributed by atoms with E-state index in [-0.39, 0.29) is 17.2 Å². The number of rotatable bonds is 7. The average Bonchev–Trinajstić information content (AvgIpc) is 2.72. The number of phenolic OH excluding ortho intramolecular Hbond substituents is 2. The standard InChI is InChI=1S/C24H26N2O4/c1-4-25(5-2)19-11-13-21(23(28)15-19)24(20-12-6-16(3)14-22(20)27)17-7-9-18(10-8-17)26(29)30/h6-15,24,27-28H,4-5H2,1-3H3. The van der Waals surface area contributed by atoms with Crippen LogP contribution in [0.15, 0.2) is 60.7 Å². The van der Waals surface area contributed by atoms with Gasteiger partial charge in [-0.15, -0.1) is 0 Å². The summed E-state index contributed by atoms with van der Waals surface area (Å²) in [6, 6.07) is 17.1. The number of hydrogen-bond donors (Lipinski definition) is 2. The molecule has 30 heavy (non-hydrogen) atoms. The van der Waals surface area contributed by atoms with Crippen LogP contribution in [-0.4, -0.2) is 28.2 Å². The molecule has 0 aliphatic carbocycles. The molecular formula is C24H26N2O4. The number of nitro groups is 1. The van der Waals surface area contributed by atoms with E-state index in [0.29, 0.717) is 11.1 Å². The Morgan fingerprint density at radius 1 is 0.900 bits per heavy atom. The van der Waals surface area contributed by atoms with Gasteiger partial charge in [-0.1, -0.05) is 30.3 Å². The molecule has 3 aromatic carbocycles. The van der Waals surface area contributed by atoms with Gasteiger partial charge in [-0.05, 0) is 44.0 Å². The topological polar surface area (TPSA) is 86.8 Å². The summed E-state index contributed by atoms with van der Waals surface area (Å²) in [5, 5.41) is 32.6. The minimum absolute atomic E-state index is 0.00766. The van der Waals surface area contributed by atoms with Crippen molar-refractivity contribution in [2.24, 2.45) is 0 Å². The smallest absolute Gasteiger partial charge is 0.269 e. The van der Waals surface area contributed by atoms with Gasteiger partial charge in [0.15, 0.2) is 0 Å². The molecule has 1 atom stereocenters. The number of benzene rings is 3. The van der Waals surface area contributed by atoms with Gasteiger partial charge in [-0.2, -0.15) is 0 Å². The first-order valence-electron chi connectivity index (χ1n) is 9.97. The molecule has 0 amide bonds. The molecule has 0 aliphatic rings. The van der Waals surface area contributed by atoms with Gasteiger partial charge in [0.2, 0.25) is 0 Å². The maximum Gasteiger partial charge on any atom is 0.269 e. The molecule has 0 saturated carbocycles. The van der Waals surface area contributed by atoms with Crippen molar-refractivity contribution in [2.75, 3.05) is 18.0 Å². The third-order valence-electron chi connectivity index (χ3n) is 5.39. The molecule has 156 valence electrons. The first-order valence-corrected chi connectivity index (χ1v) is 9.97. The predicted molar refractivity (Wildman–Crippen MR) is 119 cm³/mol. The molecule has 0 radical (unpaired) electrons. The molecule has 6 heteroatoms. The minimum Gasteiger partial charge on any atom is -0.508 e. The van der Waals surface area contributed by atoms with Gasteiger partial charge < -0.3 is 15.1 Å². The van der Waals surface area contributed by atoms with Crippen LogP contribution in [0, 0.1) is 17.0 Å². The van der Waals surface area contributed by atoms with Crippen molar-refractivity contribution >= 4 is 11.4 Å². The molecule has 0 spiro atoms. The largest absolute Gasteiger partial charge is 0.508 e. The highest BCUT2D eigenvalue weighted by atomic mass is 16.6. The number of non-ortho nitro benzene ring substituents is 1. The van der Waals surface area contributed by atoms with Crippen molar-refractivity contribution in [3.05, 3.63) is 93.0 Å². The molecular weight excluding hydrogens is 380 g/mol. The quantitative estimate of drug-likeness (QED) is 0.314. The SMILES string of the molecule is CCN(CC)c1ccc(C(c2ccc([N+](=O)[O-])cc2)c2ccc(C)cc2O)c(O)c1. The van der Waals surface area contributed by atoms with Crippen LogP contribution >= 0.6 is 0 Å². The zero-order chi connectivity index (χ0) is 21.8. The van der Waals surface area contributed by atoms with Crippen LogP contribution in [0.4, 0.5) is 11.4 Å². The molecule has 3 rings (SSSR count). The molecule has 0 aliphatic heterocycles. The van der Waals surface area contributed by atoms with Crippen molar-refractivity contribution in [1.82, 2.24) is 0 Å². The van der Waals surface area contributed by atoms with E-state index in [1.54, 1.807) is 24.3 Å². The maximum absolute atomic E-state index is 11.0. The number of phenols is 2. The van der Waals surface area contributed by atoms with Crippen LogP contribution in [0.5, 0.6) is 11.5 Å². The van der Waals surface area contributed by atoms with Crippen molar-refractivity contribution in [3.8, 4) is 11.5 Å². The lowest BCUT2D eigenvalue weighted by Gasteiger charge is -2.25.